The van der Waals surface area contributed by atoms with Crippen molar-refractivity contribution in [3.63, 3.8) is 0 Å². The summed E-state index contributed by atoms with van der Waals surface area (Å²) in [5.74, 6) is 0.874. The van der Waals surface area contributed by atoms with E-state index in [4.69, 9.17) is 0 Å². The molecule has 4 rings (SSSR count). The van der Waals surface area contributed by atoms with Gasteiger partial charge in [0.1, 0.15) is 0 Å². The Morgan fingerprint density at radius 2 is 1.70 bits per heavy atom. The summed E-state index contributed by atoms with van der Waals surface area (Å²) in [5.41, 5.74) is 2.96. The molecule has 3 heteroatoms. The number of hydrogen-bond donors (Lipinski definition) is 1. The van der Waals surface area contributed by atoms with Crippen molar-refractivity contribution in [2.24, 2.45) is 5.92 Å². The van der Waals surface area contributed by atoms with Crippen LogP contribution in [0.15, 0.2) is 28.9 Å². The number of aryl methyl sites for hydroxylation is 1. The minimum atomic E-state index is 0.778. The molecule has 27 heavy (non-hydrogen) atoms. The van der Waals surface area contributed by atoms with Crippen molar-refractivity contribution in [3.8, 4) is 0 Å². The Morgan fingerprint density at radius 3 is 2.48 bits per heavy atom. The van der Waals surface area contributed by atoms with Crippen molar-refractivity contribution in [3.05, 3.63) is 34.4 Å². The Balaban J connectivity index is 1.40. The number of benzene rings is 1. The number of nitrogens with one attached hydrogen (secondary N) is 1. The maximum absolute atomic E-state index is 3.81. The average Bonchev–Trinajstić information content (AvgIpc) is 3.03. The molecule has 148 valence electrons. The quantitative estimate of drug-likeness (QED) is 0.475. The lowest BCUT2D eigenvalue weighted by Gasteiger charge is -2.22. The van der Waals surface area contributed by atoms with E-state index in [1.807, 2.05) is 0 Å². The van der Waals surface area contributed by atoms with Gasteiger partial charge in [-0.15, -0.1) is 0 Å². The van der Waals surface area contributed by atoms with Crippen LogP contribution in [-0.4, -0.2) is 17.2 Å². The van der Waals surface area contributed by atoms with E-state index in [2.05, 4.69) is 50.2 Å². The molecular formula is C24H35BrN2. The van der Waals surface area contributed by atoms with E-state index in [-0.39, 0.29) is 0 Å². The van der Waals surface area contributed by atoms with E-state index < -0.39 is 0 Å². The number of halogens is 1. The Hall–Kier alpha value is -0.800. The molecule has 1 heterocycles. The van der Waals surface area contributed by atoms with Crippen LogP contribution in [0, 0.1) is 5.92 Å². The largest absolute Gasteiger partial charge is 0.347 e. The highest BCUT2D eigenvalue weighted by Crippen LogP contribution is 2.30. The summed E-state index contributed by atoms with van der Waals surface area (Å²) in [7, 11) is 0. The number of hydrogen-bond acceptors (Lipinski definition) is 1. The fraction of sp³-hybridized carbons (Fsp3) is 0.667. The van der Waals surface area contributed by atoms with Gasteiger partial charge in [-0.2, -0.15) is 0 Å². The standard InChI is InChI=1S/C24H35BrN2/c25-21-13-14-24-23(16-21)20(10-7-15-26-22-11-5-2-6-12-22)18-27(24)17-19-8-3-1-4-9-19/h13-14,16,18-19,22,26H,1-12,15,17H2. The zero-order valence-corrected chi connectivity index (χ0v) is 18.3. The molecule has 2 aliphatic carbocycles. The summed E-state index contributed by atoms with van der Waals surface area (Å²) in [4.78, 5) is 0. The Kier molecular flexibility index (Phi) is 6.94. The molecule has 0 unspecified atom stereocenters. The van der Waals surface area contributed by atoms with E-state index in [0.717, 1.165) is 18.5 Å². The molecular weight excluding hydrogens is 396 g/mol. The van der Waals surface area contributed by atoms with Crippen LogP contribution in [0.4, 0.5) is 0 Å². The smallest absolute Gasteiger partial charge is 0.0484 e. The van der Waals surface area contributed by atoms with Gasteiger partial charge in [-0.3, -0.25) is 0 Å². The number of rotatable bonds is 7. The van der Waals surface area contributed by atoms with Crippen molar-refractivity contribution < 1.29 is 0 Å². The molecule has 0 spiro atoms. The molecule has 0 saturated heterocycles. The Morgan fingerprint density at radius 1 is 0.963 bits per heavy atom. The molecule has 1 N–H and O–H groups in total. The molecule has 1 aromatic carbocycles. The lowest BCUT2D eigenvalue weighted by Crippen LogP contribution is -2.31. The minimum absolute atomic E-state index is 0.778. The predicted molar refractivity (Wildman–Crippen MR) is 119 cm³/mol. The van der Waals surface area contributed by atoms with Crippen molar-refractivity contribution in [1.82, 2.24) is 9.88 Å². The predicted octanol–water partition coefficient (Wildman–Crippen LogP) is 6.84. The first-order valence-electron chi connectivity index (χ1n) is 11.3. The van der Waals surface area contributed by atoms with Gasteiger partial charge in [-0.05, 0) is 74.8 Å². The zero-order valence-electron chi connectivity index (χ0n) is 16.7. The van der Waals surface area contributed by atoms with Gasteiger partial charge in [0.2, 0.25) is 0 Å². The number of aromatic nitrogens is 1. The Labute approximate surface area is 173 Å². The summed E-state index contributed by atoms with van der Waals surface area (Å²) in [6.07, 6.45) is 19.0. The van der Waals surface area contributed by atoms with Crippen LogP contribution in [0.1, 0.15) is 76.2 Å². The van der Waals surface area contributed by atoms with E-state index >= 15 is 0 Å². The molecule has 0 bridgehead atoms. The van der Waals surface area contributed by atoms with E-state index in [1.165, 1.54) is 105 Å². The molecule has 2 aromatic rings. The van der Waals surface area contributed by atoms with Crippen LogP contribution in [-0.2, 0) is 13.0 Å². The maximum atomic E-state index is 3.81. The van der Waals surface area contributed by atoms with E-state index in [1.54, 1.807) is 0 Å². The van der Waals surface area contributed by atoms with E-state index in [9.17, 15) is 0 Å². The van der Waals surface area contributed by atoms with Crippen LogP contribution in [0.5, 0.6) is 0 Å². The number of fused-ring (bicyclic) bond motifs is 1. The van der Waals surface area contributed by atoms with Crippen molar-refractivity contribution in [2.75, 3.05) is 6.54 Å². The van der Waals surface area contributed by atoms with Gasteiger partial charge in [0.05, 0.1) is 0 Å². The lowest BCUT2D eigenvalue weighted by atomic mass is 9.89. The second-order valence-electron chi connectivity index (χ2n) is 8.86. The second kappa shape index (κ2) is 9.60. The van der Waals surface area contributed by atoms with Gasteiger partial charge in [0.25, 0.3) is 0 Å². The van der Waals surface area contributed by atoms with Crippen LogP contribution < -0.4 is 5.32 Å². The third-order valence-electron chi connectivity index (χ3n) is 6.77. The highest BCUT2D eigenvalue weighted by atomic mass is 79.9. The summed E-state index contributed by atoms with van der Waals surface area (Å²) in [6.45, 7) is 2.37. The normalized spacial score (nSPS) is 19.7. The molecule has 2 fully saturated rings. The van der Waals surface area contributed by atoms with Crippen LogP contribution in [0.3, 0.4) is 0 Å². The Bertz CT molecular complexity index is 723. The topological polar surface area (TPSA) is 17.0 Å². The van der Waals surface area contributed by atoms with Crippen molar-refractivity contribution in [2.45, 2.75) is 89.6 Å². The highest BCUT2D eigenvalue weighted by molar-refractivity contribution is 9.10. The first-order chi connectivity index (χ1) is 13.3. The molecule has 0 radical (unpaired) electrons. The second-order valence-corrected chi connectivity index (χ2v) is 9.78. The first-order valence-corrected chi connectivity index (χ1v) is 12.1. The fourth-order valence-corrected chi connectivity index (χ4v) is 5.59. The van der Waals surface area contributed by atoms with Gasteiger partial charge < -0.3 is 9.88 Å². The molecule has 0 atom stereocenters. The summed E-state index contributed by atoms with van der Waals surface area (Å²) < 4.78 is 3.76. The first kappa shape index (κ1) is 19.5. The van der Waals surface area contributed by atoms with E-state index in [0.29, 0.717) is 0 Å². The van der Waals surface area contributed by atoms with Gasteiger partial charge in [-0.25, -0.2) is 0 Å². The van der Waals surface area contributed by atoms with Crippen LogP contribution in [0.2, 0.25) is 0 Å². The van der Waals surface area contributed by atoms with Gasteiger partial charge in [0, 0.05) is 34.2 Å². The molecule has 2 saturated carbocycles. The highest BCUT2D eigenvalue weighted by Gasteiger charge is 2.17. The SMILES string of the molecule is Brc1ccc2c(c1)c(CCCNC1CCCCC1)cn2CC1CCCCC1. The summed E-state index contributed by atoms with van der Waals surface area (Å²) >= 11 is 3.69. The van der Waals surface area contributed by atoms with Gasteiger partial charge in [-0.1, -0.05) is 54.5 Å². The summed E-state index contributed by atoms with van der Waals surface area (Å²) in [5, 5.41) is 5.26. The minimum Gasteiger partial charge on any atom is -0.347 e. The van der Waals surface area contributed by atoms with Crippen LogP contribution >= 0.6 is 15.9 Å². The zero-order chi connectivity index (χ0) is 18.5. The average molecular weight is 431 g/mol. The fourth-order valence-electron chi connectivity index (χ4n) is 5.23. The molecule has 0 amide bonds. The lowest BCUT2D eigenvalue weighted by molar-refractivity contribution is 0.322. The third kappa shape index (κ3) is 5.17. The van der Waals surface area contributed by atoms with Crippen molar-refractivity contribution in [1.29, 1.82) is 0 Å². The number of nitrogens with zero attached hydrogens (tertiary/aromatic N) is 1. The molecule has 1 aromatic heterocycles. The summed E-state index contributed by atoms with van der Waals surface area (Å²) in [6, 6.07) is 7.62. The molecule has 2 nitrogen and oxygen atoms in total. The van der Waals surface area contributed by atoms with Crippen molar-refractivity contribution >= 4 is 26.8 Å². The van der Waals surface area contributed by atoms with Gasteiger partial charge >= 0.3 is 0 Å². The maximum Gasteiger partial charge on any atom is 0.0484 e. The monoisotopic (exact) mass is 430 g/mol. The molecule has 2 aliphatic rings. The van der Waals surface area contributed by atoms with Gasteiger partial charge in [0.15, 0.2) is 0 Å². The van der Waals surface area contributed by atoms with Crippen LogP contribution in [0.25, 0.3) is 10.9 Å². The third-order valence-corrected chi connectivity index (χ3v) is 7.26. The molecule has 0 aliphatic heterocycles.